The zero-order valence-electron chi connectivity index (χ0n) is 16.7. The molecule has 0 aromatic heterocycles. The maximum Gasteiger partial charge on any atom is 0.419 e. The van der Waals surface area contributed by atoms with Crippen molar-refractivity contribution in [3.05, 3.63) is 53.6 Å². The van der Waals surface area contributed by atoms with Crippen molar-refractivity contribution in [3.8, 4) is 17.2 Å². The Morgan fingerprint density at radius 2 is 1.72 bits per heavy atom. The molecule has 0 bridgehead atoms. The van der Waals surface area contributed by atoms with E-state index in [1.807, 2.05) is 13.8 Å². The lowest BCUT2D eigenvalue weighted by Crippen LogP contribution is -2.31. The molecule has 0 spiro atoms. The molecule has 0 heterocycles. The van der Waals surface area contributed by atoms with E-state index >= 15 is 0 Å². The van der Waals surface area contributed by atoms with Gasteiger partial charge < -0.3 is 19.5 Å². The van der Waals surface area contributed by atoms with Crippen LogP contribution in [0.25, 0.3) is 0 Å². The maximum atomic E-state index is 13.0. The van der Waals surface area contributed by atoms with Gasteiger partial charge in [-0.05, 0) is 50.6 Å². The predicted octanol–water partition coefficient (Wildman–Crippen LogP) is 4.76. The van der Waals surface area contributed by atoms with Gasteiger partial charge in [-0.25, -0.2) is 0 Å². The Hall–Kier alpha value is -2.90. The SMILES string of the molecule is COc1cc(C(C)NC(=O)COc2ccccc2C(F)(F)F)ccc1OC(C)C. The number of methoxy groups -OCH3 is 1. The molecule has 29 heavy (non-hydrogen) atoms. The summed E-state index contributed by atoms with van der Waals surface area (Å²) < 4.78 is 55.0. The quantitative estimate of drug-likeness (QED) is 0.681. The van der Waals surface area contributed by atoms with Crippen molar-refractivity contribution in [1.82, 2.24) is 5.32 Å². The van der Waals surface area contributed by atoms with Crippen LogP contribution in [0.5, 0.6) is 17.2 Å². The van der Waals surface area contributed by atoms with Crippen molar-refractivity contribution in [2.45, 2.75) is 39.1 Å². The summed E-state index contributed by atoms with van der Waals surface area (Å²) in [5.74, 6) is 0.167. The van der Waals surface area contributed by atoms with Crippen molar-refractivity contribution >= 4 is 5.91 Å². The first-order valence-corrected chi connectivity index (χ1v) is 9.04. The average Bonchev–Trinajstić information content (AvgIpc) is 2.65. The fourth-order valence-electron chi connectivity index (χ4n) is 2.64. The molecule has 8 heteroatoms. The summed E-state index contributed by atoms with van der Waals surface area (Å²) in [6, 6.07) is 9.61. The summed E-state index contributed by atoms with van der Waals surface area (Å²) in [5.41, 5.74) is -0.173. The van der Waals surface area contributed by atoms with E-state index in [0.717, 1.165) is 11.6 Å². The zero-order chi connectivity index (χ0) is 21.6. The monoisotopic (exact) mass is 411 g/mol. The van der Waals surface area contributed by atoms with E-state index < -0.39 is 30.3 Å². The van der Waals surface area contributed by atoms with Gasteiger partial charge in [0.2, 0.25) is 0 Å². The number of halogens is 3. The Labute approximate surface area is 167 Å². The Bertz CT molecular complexity index is 837. The van der Waals surface area contributed by atoms with Gasteiger partial charge >= 0.3 is 6.18 Å². The van der Waals surface area contributed by atoms with Crippen molar-refractivity contribution in [3.63, 3.8) is 0 Å². The highest BCUT2D eigenvalue weighted by Gasteiger charge is 2.34. The van der Waals surface area contributed by atoms with Crippen molar-refractivity contribution < 1.29 is 32.2 Å². The highest BCUT2D eigenvalue weighted by atomic mass is 19.4. The van der Waals surface area contributed by atoms with E-state index in [0.29, 0.717) is 11.5 Å². The van der Waals surface area contributed by atoms with Gasteiger partial charge in [-0.3, -0.25) is 4.79 Å². The lowest BCUT2D eigenvalue weighted by atomic mass is 10.1. The number of carbonyl (C=O) groups is 1. The predicted molar refractivity (Wildman–Crippen MR) is 102 cm³/mol. The number of hydrogen-bond donors (Lipinski definition) is 1. The molecule has 1 unspecified atom stereocenters. The van der Waals surface area contributed by atoms with Gasteiger partial charge in [0.25, 0.3) is 5.91 Å². The molecule has 5 nitrogen and oxygen atoms in total. The Morgan fingerprint density at radius 1 is 1.03 bits per heavy atom. The molecule has 1 amide bonds. The van der Waals surface area contributed by atoms with Crippen molar-refractivity contribution in [1.29, 1.82) is 0 Å². The molecule has 0 radical (unpaired) electrons. The summed E-state index contributed by atoms with van der Waals surface area (Å²) in [7, 11) is 1.52. The molecule has 1 N–H and O–H groups in total. The zero-order valence-corrected chi connectivity index (χ0v) is 16.7. The van der Waals surface area contributed by atoms with E-state index in [2.05, 4.69) is 5.32 Å². The molecule has 0 saturated heterocycles. The van der Waals surface area contributed by atoms with Crippen LogP contribution in [0.1, 0.15) is 37.9 Å². The molecule has 2 aromatic rings. The number of para-hydroxylation sites is 1. The number of alkyl halides is 3. The highest BCUT2D eigenvalue weighted by molar-refractivity contribution is 5.78. The molecule has 2 aromatic carbocycles. The number of ether oxygens (including phenoxy) is 3. The first kappa shape index (κ1) is 22.4. The Morgan fingerprint density at radius 3 is 2.34 bits per heavy atom. The molecule has 0 aliphatic rings. The molecular formula is C21H24F3NO4. The third-order valence-electron chi connectivity index (χ3n) is 3.98. The summed E-state index contributed by atoms with van der Waals surface area (Å²) in [5, 5.41) is 2.69. The smallest absolute Gasteiger partial charge is 0.419 e. The third kappa shape index (κ3) is 6.30. The number of carbonyl (C=O) groups excluding carboxylic acids is 1. The van der Waals surface area contributed by atoms with Gasteiger partial charge in [0.05, 0.1) is 24.8 Å². The van der Waals surface area contributed by atoms with Gasteiger partial charge in [0.1, 0.15) is 5.75 Å². The Balaban J connectivity index is 2.01. The van der Waals surface area contributed by atoms with Crippen molar-refractivity contribution in [2.24, 2.45) is 0 Å². The average molecular weight is 411 g/mol. The topological polar surface area (TPSA) is 56.8 Å². The van der Waals surface area contributed by atoms with E-state index in [1.165, 1.54) is 25.3 Å². The molecule has 0 saturated carbocycles. The number of benzene rings is 2. The second kappa shape index (κ2) is 9.54. The summed E-state index contributed by atoms with van der Waals surface area (Å²) in [6.07, 6.45) is -4.58. The summed E-state index contributed by atoms with van der Waals surface area (Å²) >= 11 is 0. The van der Waals surface area contributed by atoms with Gasteiger partial charge in [-0.15, -0.1) is 0 Å². The number of nitrogens with one attached hydrogen (secondary N) is 1. The van der Waals surface area contributed by atoms with Crippen LogP contribution in [-0.4, -0.2) is 25.7 Å². The van der Waals surface area contributed by atoms with E-state index in [9.17, 15) is 18.0 Å². The molecule has 0 aliphatic heterocycles. The molecule has 158 valence electrons. The van der Waals surface area contributed by atoms with E-state index in [-0.39, 0.29) is 11.9 Å². The van der Waals surface area contributed by atoms with Crippen LogP contribution < -0.4 is 19.5 Å². The molecule has 0 aliphatic carbocycles. The normalized spacial score (nSPS) is 12.4. The molecule has 0 fully saturated rings. The van der Waals surface area contributed by atoms with Crippen LogP contribution in [0.4, 0.5) is 13.2 Å². The highest BCUT2D eigenvalue weighted by Crippen LogP contribution is 2.36. The standard InChI is InChI=1S/C21H24F3NO4/c1-13(2)29-18-10-9-15(11-19(18)27-4)14(3)25-20(26)12-28-17-8-6-5-7-16(17)21(22,23)24/h5-11,13-14H,12H2,1-4H3,(H,25,26). The van der Waals surface area contributed by atoms with Crippen LogP contribution in [0.15, 0.2) is 42.5 Å². The van der Waals surface area contributed by atoms with Gasteiger partial charge in [0.15, 0.2) is 18.1 Å². The number of rotatable bonds is 8. The van der Waals surface area contributed by atoms with Crippen LogP contribution in [0, 0.1) is 0 Å². The summed E-state index contributed by atoms with van der Waals surface area (Å²) in [6.45, 7) is 5.00. The minimum absolute atomic E-state index is 0.0244. The minimum Gasteiger partial charge on any atom is -0.493 e. The fourth-order valence-corrected chi connectivity index (χ4v) is 2.64. The largest absolute Gasteiger partial charge is 0.493 e. The van der Waals surface area contributed by atoms with Crippen molar-refractivity contribution in [2.75, 3.05) is 13.7 Å². The Kier molecular flexibility index (Phi) is 7.36. The minimum atomic E-state index is -4.56. The van der Waals surface area contributed by atoms with E-state index in [4.69, 9.17) is 14.2 Å². The number of hydrogen-bond acceptors (Lipinski definition) is 4. The molecule has 1 atom stereocenters. The summed E-state index contributed by atoms with van der Waals surface area (Å²) in [4.78, 5) is 12.2. The van der Waals surface area contributed by atoms with Crippen LogP contribution in [0.3, 0.4) is 0 Å². The van der Waals surface area contributed by atoms with Gasteiger partial charge in [0, 0.05) is 0 Å². The lowest BCUT2D eigenvalue weighted by molar-refractivity contribution is -0.139. The lowest BCUT2D eigenvalue weighted by Gasteiger charge is -2.19. The molecule has 2 rings (SSSR count). The first-order chi connectivity index (χ1) is 13.6. The van der Waals surface area contributed by atoms with Crippen LogP contribution in [-0.2, 0) is 11.0 Å². The van der Waals surface area contributed by atoms with Gasteiger partial charge in [-0.2, -0.15) is 13.2 Å². The second-order valence-corrected chi connectivity index (χ2v) is 6.65. The second-order valence-electron chi connectivity index (χ2n) is 6.65. The van der Waals surface area contributed by atoms with Gasteiger partial charge in [-0.1, -0.05) is 18.2 Å². The number of amides is 1. The third-order valence-corrected chi connectivity index (χ3v) is 3.98. The van der Waals surface area contributed by atoms with E-state index in [1.54, 1.807) is 25.1 Å². The maximum absolute atomic E-state index is 13.0. The first-order valence-electron chi connectivity index (χ1n) is 9.04. The van der Waals surface area contributed by atoms with Crippen LogP contribution in [0.2, 0.25) is 0 Å². The van der Waals surface area contributed by atoms with Crippen LogP contribution >= 0.6 is 0 Å². The molecular weight excluding hydrogens is 387 g/mol. The fraction of sp³-hybridized carbons (Fsp3) is 0.381.